The molecule has 1 aliphatic carbocycles. The van der Waals surface area contributed by atoms with Crippen LogP contribution in [0.2, 0.25) is 0 Å². The van der Waals surface area contributed by atoms with Crippen molar-refractivity contribution in [1.82, 2.24) is 10.1 Å². The summed E-state index contributed by atoms with van der Waals surface area (Å²) < 4.78 is 4.52. The quantitative estimate of drug-likeness (QED) is 0.780. The molecule has 1 aliphatic rings. The molecule has 0 aromatic carbocycles. The second-order valence-corrected chi connectivity index (χ2v) is 4.22. The third-order valence-corrected chi connectivity index (χ3v) is 3.28. The molecule has 84 valence electrons. The van der Waals surface area contributed by atoms with E-state index in [0.717, 1.165) is 0 Å². The first-order valence-corrected chi connectivity index (χ1v) is 5.57. The van der Waals surface area contributed by atoms with E-state index >= 15 is 0 Å². The summed E-state index contributed by atoms with van der Waals surface area (Å²) in [6.45, 7) is 0.521. The molecular formula is C10H17N3O2. The van der Waals surface area contributed by atoms with Crippen LogP contribution in [-0.2, 0) is 0 Å². The number of nitrogens with one attached hydrogen (secondary N) is 1. The molecule has 15 heavy (non-hydrogen) atoms. The molecule has 1 saturated carbocycles. The highest BCUT2D eigenvalue weighted by Crippen LogP contribution is 2.33. The summed E-state index contributed by atoms with van der Waals surface area (Å²) in [5, 5.41) is 3.74. The lowest BCUT2D eigenvalue weighted by Gasteiger charge is -2.27. The van der Waals surface area contributed by atoms with E-state index in [2.05, 4.69) is 14.7 Å². The molecule has 5 heteroatoms. The van der Waals surface area contributed by atoms with Crippen LogP contribution >= 0.6 is 0 Å². The zero-order valence-electron chi connectivity index (χ0n) is 8.74. The van der Waals surface area contributed by atoms with Gasteiger partial charge in [0, 0.05) is 12.5 Å². The summed E-state index contributed by atoms with van der Waals surface area (Å²) in [6.07, 6.45) is 6.17. The Labute approximate surface area is 88.0 Å². The van der Waals surface area contributed by atoms with Crippen LogP contribution in [0.3, 0.4) is 0 Å². The minimum atomic E-state index is -0.487. The van der Waals surface area contributed by atoms with E-state index in [9.17, 15) is 4.79 Å². The normalized spacial score (nSPS) is 20.3. The van der Waals surface area contributed by atoms with Gasteiger partial charge < -0.3 is 5.73 Å². The fraction of sp³-hybridized carbons (Fsp3) is 0.800. The van der Waals surface area contributed by atoms with Crippen molar-refractivity contribution in [2.75, 3.05) is 6.54 Å². The van der Waals surface area contributed by atoms with E-state index in [4.69, 9.17) is 5.73 Å². The lowest BCUT2D eigenvalue weighted by Crippen LogP contribution is -2.25. The number of rotatable bonds is 3. The van der Waals surface area contributed by atoms with Crippen LogP contribution in [-0.4, -0.2) is 16.7 Å². The van der Waals surface area contributed by atoms with Gasteiger partial charge in [-0.15, -0.1) is 0 Å². The molecule has 0 bridgehead atoms. The predicted molar refractivity (Wildman–Crippen MR) is 55.5 cm³/mol. The summed E-state index contributed by atoms with van der Waals surface area (Å²) in [4.78, 5) is 13.5. The molecule has 1 heterocycles. The second-order valence-electron chi connectivity index (χ2n) is 4.22. The van der Waals surface area contributed by atoms with Gasteiger partial charge in [0.25, 0.3) is 0 Å². The number of hydrogen-bond acceptors (Lipinski definition) is 4. The third-order valence-electron chi connectivity index (χ3n) is 3.28. The van der Waals surface area contributed by atoms with Crippen LogP contribution in [0.4, 0.5) is 0 Å². The molecule has 0 radical (unpaired) electrons. The highest BCUT2D eigenvalue weighted by molar-refractivity contribution is 4.97. The Morgan fingerprint density at radius 2 is 2.20 bits per heavy atom. The fourth-order valence-corrected chi connectivity index (χ4v) is 2.47. The van der Waals surface area contributed by atoms with Gasteiger partial charge in [-0.3, -0.25) is 9.51 Å². The molecule has 0 spiro atoms. The Kier molecular flexibility index (Phi) is 3.20. The van der Waals surface area contributed by atoms with Gasteiger partial charge in [-0.25, -0.2) is 4.79 Å². The molecular weight excluding hydrogens is 194 g/mol. The van der Waals surface area contributed by atoms with Crippen LogP contribution in [0.1, 0.15) is 43.8 Å². The Morgan fingerprint density at radius 3 is 2.73 bits per heavy atom. The van der Waals surface area contributed by atoms with Crippen LogP contribution in [0, 0.1) is 5.92 Å². The first-order valence-electron chi connectivity index (χ1n) is 5.57. The first kappa shape index (κ1) is 10.4. The topological polar surface area (TPSA) is 84.9 Å². The zero-order valence-corrected chi connectivity index (χ0v) is 8.74. The average molecular weight is 211 g/mol. The van der Waals surface area contributed by atoms with E-state index in [1.807, 2.05) is 0 Å². The Hall–Kier alpha value is -1.10. The number of aromatic nitrogens is 2. The van der Waals surface area contributed by atoms with Gasteiger partial charge in [-0.2, -0.15) is 0 Å². The maximum atomic E-state index is 10.9. The summed E-state index contributed by atoms with van der Waals surface area (Å²) in [5.74, 6) is 0.829. The molecule has 3 N–H and O–H groups in total. The van der Waals surface area contributed by atoms with Gasteiger partial charge in [0.15, 0.2) is 5.82 Å². The fourth-order valence-electron chi connectivity index (χ4n) is 2.47. The average Bonchev–Trinajstić information content (AvgIpc) is 2.68. The van der Waals surface area contributed by atoms with Crippen molar-refractivity contribution in [3.05, 3.63) is 16.4 Å². The van der Waals surface area contributed by atoms with Crippen molar-refractivity contribution < 1.29 is 4.52 Å². The number of nitrogens with zero attached hydrogens (tertiary/aromatic N) is 1. The van der Waals surface area contributed by atoms with Gasteiger partial charge in [-0.1, -0.05) is 24.4 Å². The van der Waals surface area contributed by atoms with Crippen molar-refractivity contribution in [2.24, 2.45) is 11.7 Å². The number of aromatic amines is 1. The zero-order chi connectivity index (χ0) is 10.7. The minimum Gasteiger partial charge on any atom is -0.330 e. The Balaban J connectivity index is 2.12. The highest BCUT2D eigenvalue weighted by atomic mass is 16.5. The Morgan fingerprint density at radius 1 is 1.47 bits per heavy atom. The Bertz CT molecular complexity index is 352. The molecule has 1 aromatic rings. The first-order chi connectivity index (χ1) is 7.31. The molecule has 1 fully saturated rings. The lowest BCUT2D eigenvalue weighted by atomic mass is 9.79. The summed E-state index contributed by atoms with van der Waals surface area (Å²) in [6, 6.07) is 0. The van der Waals surface area contributed by atoms with Crippen LogP contribution in [0.5, 0.6) is 0 Å². The van der Waals surface area contributed by atoms with Gasteiger partial charge in [0.05, 0.1) is 0 Å². The number of H-pyrrole nitrogens is 1. The SMILES string of the molecule is NCC(c1noc(=O)[nH]1)C1CCCCC1. The van der Waals surface area contributed by atoms with E-state index in [-0.39, 0.29) is 5.92 Å². The standard InChI is InChI=1S/C10H17N3O2/c11-6-8(7-4-2-1-3-5-7)9-12-10(14)15-13-9/h7-8H,1-6,11H2,(H,12,13,14). The van der Waals surface area contributed by atoms with Gasteiger partial charge in [0.2, 0.25) is 0 Å². The molecule has 1 atom stereocenters. The van der Waals surface area contributed by atoms with Gasteiger partial charge in [0.1, 0.15) is 0 Å². The molecule has 1 aromatic heterocycles. The second kappa shape index (κ2) is 4.61. The maximum absolute atomic E-state index is 10.9. The maximum Gasteiger partial charge on any atom is 0.438 e. The number of hydrogen-bond donors (Lipinski definition) is 2. The largest absolute Gasteiger partial charge is 0.438 e. The van der Waals surface area contributed by atoms with E-state index < -0.39 is 5.76 Å². The van der Waals surface area contributed by atoms with Crippen LogP contribution in [0.15, 0.2) is 9.32 Å². The molecule has 5 nitrogen and oxygen atoms in total. The summed E-state index contributed by atoms with van der Waals surface area (Å²) >= 11 is 0. The predicted octanol–water partition coefficient (Wildman–Crippen LogP) is 0.985. The molecule has 0 saturated heterocycles. The van der Waals surface area contributed by atoms with Crippen molar-refractivity contribution in [3.63, 3.8) is 0 Å². The number of nitrogens with two attached hydrogens (primary N) is 1. The van der Waals surface area contributed by atoms with Gasteiger partial charge >= 0.3 is 5.76 Å². The summed E-state index contributed by atoms with van der Waals surface area (Å²) in [5.41, 5.74) is 5.74. The molecule has 0 aliphatic heterocycles. The minimum absolute atomic E-state index is 0.150. The van der Waals surface area contributed by atoms with Crippen molar-refractivity contribution >= 4 is 0 Å². The summed E-state index contributed by atoms with van der Waals surface area (Å²) in [7, 11) is 0. The molecule has 2 rings (SSSR count). The molecule has 1 unspecified atom stereocenters. The van der Waals surface area contributed by atoms with E-state index in [1.165, 1.54) is 32.1 Å². The van der Waals surface area contributed by atoms with Crippen molar-refractivity contribution in [1.29, 1.82) is 0 Å². The van der Waals surface area contributed by atoms with Crippen molar-refractivity contribution in [2.45, 2.75) is 38.0 Å². The van der Waals surface area contributed by atoms with Crippen molar-refractivity contribution in [3.8, 4) is 0 Å². The monoisotopic (exact) mass is 211 g/mol. The van der Waals surface area contributed by atoms with Crippen LogP contribution in [0.25, 0.3) is 0 Å². The van der Waals surface area contributed by atoms with Gasteiger partial charge in [-0.05, 0) is 18.8 Å². The van der Waals surface area contributed by atoms with Crippen LogP contribution < -0.4 is 11.5 Å². The lowest BCUT2D eigenvalue weighted by molar-refractivity contribution is 0.291. The van der Waals surface area contributed by atoms with E-state index in [0.29, 0.717) is 18.3 Å². The smallest absolute Gasteiger partial charge is 0.330 e. The third kappa shape index (κ3) is 2.28. The van der Waals surface area contributed by atoms with E-state index in [1.54, 1.807) is 0 Å². The highest BCUT2D eigenvalue weighted by Gasteiger charge is 2.26. The molecule has 0 amide bonds.